The Morgan fingerprint density at radius 2 is 1.00 bits per heavy atom. The van der Waals surface area contributed by atoms with Gasteiger partial charge in [0, 0.05) is 0 Å². The fourth-order valence-corrected chi connectivity index (χ4v) is 3.22. The van der Waals surface area contributed by atoms with Gasteiger partial charge in [-0.1, -0.05) is 59.7 Å². The van der Waals surface area contributed by atoms with Crippen LogP contribution in [0.25, 0.3) is 10.8 Å². The van der Waals surface area contributed by atoms with Gasteiger partial charge in [-0.3, -0.25) is 0 Å². The molecule has 4 aromatic rings. The molecule has 0 aliphatic carbocycles. The van der Waals surface area contributed by atoms with Gasteiger partial charge in [0.25, 0.3) is 0 Å². The summed E-state index contributed by atoms with van der Waals surface area (Å²) in [6.07, 6.45) is 0. The van der Waals surface area contributed by atoms with E-state index in [-0.39, 0.29) is 11.5 Å². The molecule has 30 heavy (non-hydrogen) atoms. The van der Waals surface area contributed by atoms with Gasteiger partial charge in [-0.25, -0.2) is 9.59 Å². The summed E-state index contributed by atoms with van der Waals surface area (Å²) in [5, 5.41) is 1.75. The number of hydrogen-bond donors (Lipinski definition) is 0. The first-order valence-corrected chi connectivity index (χ1v) is 9.60. The van der Waals surface area contributed by atoms with Gasteiger partial charge < -0.3 is 9.47 Å². The summed E-state index contributed by atoms with van der Waals surface area (Å²) in [4.78, 5) is 25.4. The first-order chi connectivity index (χ1) is 14.5. The smallest absolute Gasteiger partial charge is 0.343 e. The van der Waals surface area contributed by atoms with Crippen LogP contribution in [-0.4, -0.2) is 11.9 Å². The predicted molar refractivity (Wildman–Crippen MR) is 116 cm³/mol. The summed E-state index contributed by atoms with van der Waals surface area (Å²) in [7, 11) is 0. The van der Waals surface area contributed by atoms with Crippen LogP contribution >= 0.6 is 0 Å². The van der Waals surface area contributed by atoms with Crippen molar-refractivity contribution in [1.82, 2.24) is 0 Å². The average molecular weight is 396 g/mol. The molecule has 0 saturated carbocycles. The van der Waals surface area contributed by atoms with Crippen LogP contribution in [0.3, 0.4) is 0 Å². The number of rotatable bonds is 4. The first kappa shape index (κ1) is 19.4. The van der Waals surface area contributed by atoms with Crippen LogP contribution in [0, 0.1) is 13.8 Å². The van der Waals surface area contributed by atoms with E-state index >= 15 is 0 Å². The molecule has 4 rings (SSSR count). The molecule has 0 N–H and O–H groups in total. The number of carbonyl (C=O) groups excluding carboxylic acids is 2. The van der Waals surface area contributed by atoms with E-state index in [0.717, 1.165) is 21.9 Å². The molecule has 0 unspecified atom stereocenters. The Kier molecular flexibility index (Phi) is 5.31. The van der Waals surface area contributed by atoms with Gasteiger partial charge >= 0.3 is 11.9 Å². The maximum atomic E-state index is 12.7. The Morgan fingerprint density at radius 1 is 0.567 bits per heavy atom. The number of fused-ring (bicyclic) bond motifs is 1. The lowest BCUT2D eigenvalue weighted by molar-refractivity contribution is 0.0683. The Hall–Kier alpha value is -3.92. The van der Waals surface area contributed by atoms with Gasteiger partial charge in [-0.2, -0.15) is 0 Å². The molecule has 0 bridgehead atoms. The van der Waals surface area contributed by atoms with E-state index in [2.05, 4.69) is 0 Å². The normalized spacial score (nSPS) is 10.6. The maximum absolute atomic E-state index is 12.7. The van der Waals surface area contributed by atoms with Crippen LogP contribution in [0.15, 0.2) is 84.9 Å². The molecule has 0 aliphatic rings. The standard InChI is InChI=1S/C26H20O4/c1-17-7-5-11-21(13-17)25(27)29-23-15-19-9-3-4-10-20(19)16-24(23)30-26(28)22-12-6-8-18(2)14-22/h3-16H,1-2H3. The van der Waals surface area contributed by atoms with Gasteiger partial charge in [0.2, 0.25) is 0 Å². The SMILES string of the molecule is Cc1cccc(C(=O)Oc2cc3ccccc3cc2OC(=O)c2cccc(C)c2)c1. The van der Waals surface area contributed by atoms with Crippen molar-refractivity contribution in [2.45, 2.75) is 13.8 Å². The molecule has 148 valence electrons. The third kappa shape index (κ3) is 4.23. The molecule has 0 aromatic heterocycles. The summed E-state index contributed by atoms with van der Waals surface area (Å²) < 4.78 is 11.3. The van der Waals surface area contributed by atoms with E-state index in [0.29, 0.717) is 11.1 Å². The van der Waals surface area contributed by atoms with Crippen molar-refractivity contribution in [1.29, 1.82) is 0 Å². The van der Waals surface area contributed by atoms with Crippen molar-refractivity contribution in [2.24, 2.45) is 0 Å². The summed E-state index contributed by atoms with van der Waals surface area (Å²) in [6, 6.07) is 25.3. The van der Waals surface area contributed by atoms with E-state index in [4.69, 9.17) is 9.47 Å². The minimum absolute atomic E-state index is 0.196. The molecule has 0 fully saturated rings. The highest BCUT2D eigenvalue weighted by atomic mass is 16.6. The minimum Gasteiger partial charge on any atom is -0.419 e. The van der Waals surface area contributed by atoms with Crippen LogP contribution < -0.4 is 9.47 Å². The molecule has 0 radical (unpaired) electrons. The lowest BCUT2D eigenvalue weighted by Crippen LogP contribution is -2.13. The van der Waals surface area contributed by atoms with E-state index in [1.807, 2.05) is 50.2 Å². The van der Waals surface area contributed by atoms with Crippen molar-refractivity contribution in [3.63, 3.8) is 0 Å². The Morgan fingerprint density at radius 3 is 1.40 bits per heavy atom. The first-order valence-electron chi connectivity index (χ1n) is 9.60. The summed E-state index contributed by atoms with van der Waals surface area (Å²) in [6.45, 7) is 3.81. The Balaban J connectivity index is 1.70. The molecule has 4 nitrogen and oxygen atoms in total. The van der Waals surface area contributed by atoms with E-state index in [1.165, 1.54) is 0 Å². The molecule has 0 atom stereocenters. The third-order valence-electron chi connectivity index (χ3n) is 4.72. The molecular formula is C26H20O4. The van der Waals surface area contributed by atoms with Crippen LogP contribution in [0.4, 0.5) is 0 Å². The summed E-state index contributed by atoms with van der Waals surface area (Å²) >= 11 is 0. The minimum atomic E-state index is -0.512. The van der Waals surface area contributed by atoms with E-state index in [9.17, 15) is 9.59 Å². The second kappa shape index (κ2) is 8.21. The number of ether oxygens (including phenoxy) is 2. The zero-order valence-corrected chi connectivity index (χ0v) is 16.7. The lowest BCUT2D eigenvalue weighted by Gasteiger charge is -2.13. The maximum Gasteiger partial charge on any atom is 0.343 e. The molecule has 4 heteroatoms. The molecular weight excluding hydrogens is 376 g/mol. The predicted octanol–water partition coefficient (Wildman–Crippen LogP) is 5.90. The number of esters is 2. The molecule has 4 aromatic carbocycles. The molecule has 0 heterocycles. The monoisotopic (exact) mass is 396 g/mol. The molecule has 0 aliphatic heterocycles. The topological polar surface area (TPSA) is 52.6 Å². The largest absolute Gasteiger partial charge is 0.419 e. The highest BCUT2D eigenvalue weighted by Crippen LogP contribution is 2.34. The van der Waals surface area contributed by atoms with Gasteiger partial charge in [-0.05, 0) is 61.0 Å². The van der Waals surface area contributed by atoms with E-state index in [1.54, 1.807) is 48.5 Å². The fraction of sp³-hybridized carbons (Fsp3) is 0.0769. The van der Waals surface area contributed by atoms with Gasteiger partial charge in [0.05, 0.1) is 11.1 Å². The van der Waals surface area contributed by atoms with Crippen LogP contribution in [0.1, 0.15) is 31.8 Å². The van der Waals surface area contributed by atoms with Crippen molar-refractivity contribution in [3.8, 4) is 11.5 Å². The molecule has 0 amide bonds. The van der Waals surface area contributed by atoms with Gasteiger partial charge in [0.1, 0.15) is 0 Å². The zero-order valence-electron chi connectivity index (χ0n) is 16.7. The van der Waals surface area contributed by atoms with Crippen LogP contribution in [-0.2, 0) is 0 Å². The fourth-order valence-electron chi connectivity index (χ4n) is 3.22. The Bertz CT molecular complexity index is 1160. The molecule has 0 spiro atoms. The molecule has 0 saturated heterocycles. The lowest BCUT2D eigenvalue weighted by atomic mass is 10.1. The van der Waals surface area contributed by atoms with Gasteiger partial charge in [0.15, 0.2) is 11.5 Å². The van der Waals surface area contributed by atoms with Crippen molar-refractivity contribution in [2.75, 3.05) is 0 Å². The van der Waals surface area contributed by atoms with Gasteiger partial charge in [-0.15, -0.1) is 0 Å². The summed E-state index contributed by atoms with van der Waals surface area (Å²) in [5.74, 6) is -0.633. The highest BCUT2D eigenvalue weighted by Gasteiger charge is 2.17. The van der Waals surface area contributed by atoms with Crippen molar-refractivity contribution >= 4 is 22.7 Å². The number of aryl methyl sites for hydroxylation is 2. The van der Waals surface area contributed by atoms with E-state index < -0.39 is 11.9 Å². The number of hydrogen-bond acceptors (Lipinski definition) is 4. The second-order valence-electron chi connectivity index (χ2n) is 7.16. The van der Waals surface area contributed by atoms with Crippen LogP contribution in [0.2, 0.25) is 0 Å². The quantitative estimate of drug-likeness (QED) is 0.319. The number of carbonyl (C=O) groups is 2. The van der Waals surface area contributed by atoms with Crippen molar-refractivity contribution in [3.05, 3.63) is 107 Å². The van der Waals surface area contributed by atoms with Crippen molar-refractivity contribution < 1.29 is 19.1 Å². The Labute approximate surface area is 174 Å². The third-order valence-corrected chi connectivity index (χ3v) is 4.72. The van der Waals surface area contributed by atoms with Crippen LogP contribution in [0.5, 0.6) is 11.5 Å². The zero-order chi connectivity index (χ0) is 21.1. The highest BCUT2D eigenvalue weighted by molar-refractivity contribution is 5.95. The average Bonchev–Trinajstić information content (AvgIpc) is 2.74. The number of benzene rings is 4. The summed E-state index contributed by atoms with van der Waals surface area (Å²) in [5.41, 5.74) is 2.77. The second-order valence-corrected chi connectivity index (χ2v) is 7.16.